The molecule has 2 aliphatic rings. The van der Waals surface area contributed by atoms with Gasteiger partial charge in [0.25, 0.3) is 0 Å². The number of hydrogen-bond donors (Lipinski definition) is 1. The second-order valence-electron chi connectivity index (χ2n) is 7.19. The highest BCUT2D eigenvalue weighted by Gasteiger charge is 2.59. The van der Waals surface area contributed by atoms with Gasteiger partial charge >= 0.3 is 6.09 Å². The van der Waals surface area contributed by atoms with Gasteiger partial charge in [0.1, 0.15) is 5.41 Å². The number of carbonyl (C=O) groups is 3. The number of ether oxygens (including phenoxy) is 1. The van der Waals surface area contributed by atoms with Gasteiger partial charge in [-0.2, -0.15) is 0 Å². The molecule has 0 saturated carbocycles. The van der Waals surface area contributed by atoms with E-state index in [2.05, 4.69) is 5.32 Å². The molecule has 0 radical (unpaired) electrons. The summed E-state index contributed by atoms with van der Waals surface area (Å²) in [6.45, 7) is 3.84. The first kappa shape index (κ1) is 18.2. The van der Waals surface area contributed by atoms with E-state index < -0.39 is 17.6 Å². The predicted molar refractivity (Wildman–Crippen MR) is 104 cm³/mol. The molecule has 1 spiro atoms. The number of carbonyl (C=O) groups excluding carboxylic acids is 3. The van der Waals surface area contributed by atoms with Crippen molar-refractivity contribution in [3.63, 3.8) is 0 Å². The van der Waals surface area contributed by atoms with Crippen LogP contribution in [0.3, 0.4) is 0 Å². The molecular formula is C22H22N2O4. The van der Waals surface area contributed by atoms with Gasteiger partial charge in [-0.1, -0.05) is 42.5 Å². The molecule has 2 aliphatic heterocycles. The van der Waals surface area contributed by atoms with Gasteiger partial charge in [0.2, 0.25) is 11.8 Å². The number of nitrogens with one attached hydrogen (secondary N) is 1. The van der Waals surface area contributed by atoms with Gasteiger partial charge in [-0.15, -0.1) is 0 Å². The molecule has 2 aromatic carbocycles. The number of rotatable bonds is 2. The molecule has 2 atom stereocenters. The summed E-state index contributed by atoms with van der Waals surface area (Å²) < 4.78 is 5.15. The molecule has 1 N–H and O–H groups in total. The van der Waals surface area contributed by atoms with Crippen LogP contribution in [-0.4, -0.2) is 24.5 Å². The maximum atomic E-state index is 13.7. The Labute approximate surface area is 163 Å². The number of imide groups is 1. The smallest absolute Gasteiger partial charge is 0.421 e. The number of nitrogens with zero attached hydrogens (tertiary/aromatic N) is 1. The van der Waals surface area contributed by atoms with Gasteiger partial charge in [0.15, 0.2) is 0 Å². The minimum Gasteiger partial charge on any atom is -0.449 e. The zero-order valence-corrected chi connectivity index (χ0v) is 15.9. The van der Waals surface area contributed by atoms with Gasteiger partial charge in [-0.25, -0.2) is 9.69 Å². The van der Waals surface area contributed by atoms with Crippen molar-refractivity contribution in [1.82, 2.24) is 5.32 Å². The van der Waals surface area contributed by atoms with Crippen molar-refractivity contribution in [3.8, 4) is 0 Å². The SMILES string of the molecule is CCOC(=O)N1C(=O)C2(CCC(=O)NC2c2ccccc2C)c2ccccc21. The Morgan fingerprint density at radius 1 is 1.18 bits per heavy atom. The summed E-state index contributed by atoms with van der Waals surface area (Å²) in [4.78, 5) is 39.8. The molecule has 0 aliphatic carbocycles. The molecule has 3 amide bonds. The summed E-state index contributed by atoms with van der Waals surface area (Å²) >= 11 is 0. The molecule has 0 aromatic heterocycles. The lowest BCUT2D eigenvalue weighted by Gasteiger charge is -2.41. The zero-order valence-electron chi connectivity index (χ0n) is 15.9. The van der Waals surface area contributed by atoms with Crippen molar-refractivity contribution in [2.75, 3.05) is 11.5 Å². The average molecular weight is 378 g/mol. The van der Waals surface area contributed by atoms with E-state index >= 15 is 0 Å². The predicted octanol–water partition coefficient (Wildman–Crippen LogP) is 3.39. The Bertz CT molecular complexity index is 971. The number of hydrogen-bond acceptors (Lipinski definition) is 4. The second-order valence-corrected chi connectivity index (χ2v) is 7.19. The van der Waals surface area contributed by atoms with E-state index in [0.29, 0.717) is 12.1 Å². The van der Waals surface area contributed by atoms with E-state index in [9.17, 15) is 14.4 Å². The Morgan fingerprint density at radius 2 is 1.89 bits per heavy atom. The lowest BCUT2D eigenvalue weighted by Crippen LogP contribution is -2.55. The van der Waals surface area contributed by atoms with Crippen LogP contribution in [0.4, 0.5) is 10.5 Å². The van der Waals surface area contributed by atoms with Crippen LogP contribution >= 0.6 is 0 Å². The highest BCUT2D eigenvalue weighted by atomic mass is 16.6. The van der Waals surface area contributed by atoms with E-state index in [-0.39, 0.29) is 24.8 Å². The van der Waals surface area contributed by atoms with Gasteiger partial charge in [0, 0.05) is 6.42 Å². The number of aryl methyl sites for hydroxylation is 1. The number of amides is 3. The topological polar surface area (TPSA) is 75.7 Å². The second kappa shape index (κ2) is 6.78. The average Bonchev–Trinajstić information content (AvgIpc) is 2.93. The monoisotopic (exact) mass is 378 g/mol. The van der Waals surface area contributed by atoms with Crippen LogP contribution in [0.25, 0.3) is 0 Å². The summed E-state index contributed by atoms with van der Waals surface area (Å²) in [6, 6.07) is 14.4. The van der Waals surface area contributed by atoms with Crippen LogP contribution in [0.1, 0.15) is 42.5 Å². The van der Waals surface area contributed by atoms with E-state index in [1.165, 1.54) is 0 Å². The minimum absolute atomic E-state index is 0.0984. The largest absolute Gasteiger partial charge is 0.449 e. The first-order valence-corrected chi connectivity index (χ1v) is 9.46. The van der Waals surface area contributed by atoms with Crippen LogP contribution in [0.2, 0.25) is 0 Å². The Hall–Kier alpha value is -3.15. The number of fused-ring (bicyclic) bond motifs is 2. The van der Waals surface area contributed by atoms with Crippen molar-refractivity contribution < 1.29 is 19.1 Å². The fourth-order valence-corrected chi connectivity index (χ4v) is 4.43. The molecule has 2 unspecified atom stereocenters. The fourth-order valence-electron chi connectivity index (χ4n) is 4.43. The Morgan fingerprint density at radius 3 is 2.64 bits per heavy atom. The van der Waals surface area contributed by atoms with Crippen LogP contribution in [0, 0.1) is 6.92 Å². The van der Waals surface area contributed by atoms with E-state index in [4.69, 9.17) is 4.74 Å². The van der Waals surface area contributed by atoms with E-state index in [1.54, 1.807) is 19.1 Å². The molecule has 1 fully saturated rings. The maximum absolute atomic E-state index is 13.7. The lowest BCUT2D eigenvalue weighted by molar-refractivity contribution is -0.130. The molecule has 2 aromatic rings. The number of piperidine rings is 1. The number of anilines is 1. The minimum atomic E-state index is -1.04. The van der Waals surface area contributed by atoms with Crippen LogP contribution < -0.4 is 10.2 Å². The molecule has 144 valence electrons. The molecule has 4 rings (SSSR count). The van der Waals surface area contributed by atoms with Gasteiger partial charge in [-0.3, -0.25) is 9.59 Å². The molecule has 0 bridgehead atoms. The third-order valence-corrected chi connectivity index (χ3v) is 5.70. The summed E-state index contributed by atoms with van der Waals surface area (Å²) in [6.07, 6.45) is -0.125. The van der Waals surface area contributed by atoms with Crippen molar-refractivity contribution in [3.05, 3.63) is 65.2 Å². The third kappa shape index (κ3) is 2.52. The fraction of sp³-hybridized carbons (Fsp3) is 0.318. The summed E-state index contributed by atoms with van der Waals surface area (Å²) in [5.41, 5.74) is 2.10. The molecular weight excluding hydrogens is 356 g/mol. The molecule has 28 heavy (non-hydrogen) atoms. The maximum Gasteiger partial charge on any atom is 0.421 e. The number of benzene rings is 2. The molecule has 2 heterocycles. The van der Waals surface area contributed by atoms with Crippen LogP contribution in [-0.2, 0) is 19.7 Å². The summed E-state index contributed by atoms with van der Waals surface area (Å²) in [7, 11) is 0. The highest BCUT2D eigenvalue weighted by Crippen LogP contribution is 2.53. The van der Waals surface area contributed by atoms with Crippen molar-refractivity contribution in [2.24, 2.45) is 0 Å². The number of para-hydroxylation sites is 1. The van der Waals surface area contributed by atoms with Crippen LogP contribution in [0.5, 0.6) is 0 Å². The highest BCUT2D eigenvalue weighted by molar-refractivity contribution is 6.22. The van der Waals surface area contributed by atoms with Crippen molar-refractivity contribution in [2.45, 2.75) is 38.1 Å². The summed E-state index contributed by atoms with van der Waals surface area (Å²) in [5.74, 6) is -0.445. The molecule has 6 heteroatoms. The quantitative estimate of drug-likeness (QED) is 0.869. The first-order valence-electron chi connectivity index (χ1n) is 9.46. The first-order chi connectivity index (χ1) is 13.5. The third-order valence-electron chi connectivity index (χ3n) is 5.70. The van der Waals surface area contributed by atoms with Gasteiger partial charge in [0.05, 0.1) is 18.3 Å². The van der Waals surface area contributed by atoms with Crippen molar-refractivity contribution in [1.29, 1.82) is 0 Å². The van der Waals surface area contributed by atoms with Crippen LogP contribution in [0.15, 0.2) is 48.5 Å². The van der Waals surface area contributed by atoms with Gasteiger partial charge in [-0.05, 0) is 43.0 Å². The van der Waals surface area contributed by atoms with Gasteiger partial charge < -0.3 is 10.1 Å². The van der Waals surface area contributed by atoms with E-state index in [1.807, 2.05) is 43.3 Å². The molecule has 6 nitrogen and oxygen atoms in total. The summed E-state index contributed by atoms with van der Waals surface area (Å²) in [5, 5.41) is 3.03. The zero-order chi connectivity index (χ0) is 19.9. The van der Waals surface area contributed by atoms with E-state index in [0.717, 1.165) is 21.6 Å². The standard InChI is InChI=1S/C22H22N2O4/c1-3-28-21(27)24-17-11-7-6-10-16(17)22(20(24)26)13-12-18(25)23-19(22)15-9-5-4-8-14(15)2/h4-11,19H,3,12-13H2,1-2H3,(H,23,25). The Kier molecular flexibility index (Phi) is 4.41. The normalized spacial score (nSPS) is 23.5. The Balaban J connectivity index is 1.93. The molecule has 1 saturated heterocycles. The van der Waals surface area contributed by atoms with Crippen molar-refractivity contribution >= 4 is 23.6 Å². The lowest BCUT2D eigenvalue weighted by atomic mass is 9.67.